The molecule has 2 rings (SSSR count). The average molecular weight is 599 g/mol. The van der Waals surface area contributed by atoms with Gasteiger partial charge in [0.25, 0.3) is 0 Å². The van der Waals surface area contributed by atoms with Crippen molar-refractivity contribution in [1.29, 1.82) is 0 Å². The molecule has 29 heavy (non-hydrogen) atoms. The third-order valence-corrected chi connectivity index (χ3v) is 4.50. The number of hydrogen-bond donors (Lipinski definition) is 2. The summed E-state index contributed by atoms with van der Waals surface area (Å²) >= 11 is 0. The van der Waals surface area contributed by atoms with Gasteiger partial charge in [0.15, 0.2) is 0 Å². The van der Waals surface area contributed by atoms with Gasteiger partial charge >= 0.3 is 21.1 Å². The van der Waals surface area contributed by atoms with Crippen LogP contribution in [0.25, 0.3) is 0 Å². The summed E-state index contributed by atoms with van der Waals surface area (Å²) in [5.41, 5.74) is 11.0. The summed E-state index contributed by atoms with van der Waals surface area (Å²) in [6.45, 7) is 1.56. The van der Waals surface area contributed by atoms with E-state index in [2.05, 4.69) is 0 Å². The van der Waals surface area contributed by atoms with E-state index in [-0.39, 0.29) is 53.3 Å². The Labute approximate surface area is 185 Å². The average Bonchev–Trinajstić information content (AvgIpc) is 2.67. The fourth-order valence-electron chi connectivity index (χ4n) is 2.85. The van der Waals surface area contributed by atoms with Gasteiger partial charge in [0.05, 0.1) is 38.4 Å². The predicted molar refractivity (Wildman–Crippen MR) is 93.7 cm³/mol. The third kappa shape index (κ3) is 13.3. The molecular weight excluding hydrogens is 567 g/mol. The van der Waals surface area contributed by atoms with E-state index in [1.807, 2.05) is 0 Å². The Morgan fingerprint density at radius 3 is 2.10 bits per heavy atom. The van der Waals surface area contributed by atoms with E-state index in [9.17, 15) is 19.8 Å². The number of carbonyl (C=O) groups is 2. The van der Waals surface area contributed by atoms with Crippen LogP contribution in [0.4, 0.5) is 0 Å². The minimum Gasteiger partial charge on any atom is -0.549 e. The van der Waals surface area contributed by atoms with Crippen LogP contribution >= 0.6 is 0 Å². The van der Waals surface area contributed by atoms with Crippen molar-refractivity contribution in [2.45, 2.75) is 57.2 Å². The summed E-state index contributed by atoms with van der Waals surface area (Å²) in [4.78, 5) is 31.0. The second-order valence-electron chi connectivity index (χ2n) is 6.74. The van der Waals surface area contributed by atoms with Gasteiger partial charge in [-0.25, -0.2) is 9.78 Å². The maximum atomic E-state index is 10.6. The van der Waals surface area contributed by atoms with Gasteiger partial charge in [0.1, 0.15) is 12.7 Å². The van der Waals surface area contributed by atoms with Gasteiger partial charge in [-0.05, 0) is 12.8 Å². The molecule has 1 unspecified atom stereocenters. The SMILES string of the molecule is NC(N)[C-]1CCCCC1.O=C([O-])C(CCC1COCCOCCOO1)C(=O)[O-].[Pt+2]. The maximum absolute atomic E-state index is 10.6. The Kier molecular flexibility index (Phi) is 16.7. The number of carboxylic acids is 2. The minimum atomic E-state index is -1.67. The van der Waals surface area contributed by atoms with Gasteiger partial charge in [-0.1, -0.05) is 25.4 Å². The van der Waals surface area contributed by atoms with E-state index >= 15 is 0 Å². The van der Waals surface area contributed by atoms with Crippen LogP contribution in [-0.4, -0.2) is 57.2 Å². The molecule has 0 spiro atoms. The zero-order chi connectivity index (χ0) is 20.8. The molecule has 4 N–H and O–H groups in total. The van der Waals surface area contributed by atoms with Crippen LogP contribution in [0.2, 0.25) is 0 Å². The van der Waals surface area contributed by atoms with Gasteiger partial charge in [0, 0.05) is 5.92 Å². The number of aliphatic carboxylic acids is 2. The summed E-state index contributed by atoms with van der Waals surface area (Å²) in [7, 11) is 0. The van der Waals surface area contributed by atoms with E-state index in [0.29, 0.717) is 19.8 Å². The molecule has 10 nitrogen and oxygen atoms in total. The Bertz CT molecular complexity index is 426. The first-order valence-corrected chi connectivity index (χ1v) is 9.63. The maximum Gasteiger partial charge on any atom is 2.00 e. The van der Waals surface area contributed by atoms with Gasteiger partial charge in [-0.15, -0.1) is 0 Å². The number of ether oxygens (including phenoxy) is 2. The van der Waals surface area contributed by atoms with Crippen molar-refractivity contribution >= 4 is 11.9 Å². The summed E-state index contributed by atoms with van der Waals surface area (Å²) in [6.07, 6.45) is 5.56. The largest absolute Gasteiger partial charge is 2.00 e. The fraction of sp³-hybridized carbons (Fsp3) is 0.833. The monoisotopic (exact) mass is 598 g/mol. The summed E-state index contributed by atoms with van der Waals surface area (Å²) in [5, 5.41) is 21.2. The van der Waals surface area contributed by atoms with Crippen LogP contribution in [0, 0.1) is 11.8 Å². The molecule has 1 saturated heterocycles. The van der Waals surface area contributed by atoms with Crippen molar-refractivity contribution in [3.8, 4) is 0 Å². The van der Waals surface area contributed by atoms with E-state index in [4.69, 9.17) is 30.7 Å². The standard InChI is InChI=1S/C11H18O8.C7H15N2.Pt/c12-10(13)9(11(14)15)2-1-8-7-17-4-3-16-5-6-18-19-8;8-7(9)6-4-2-1-3-5-6;/h8-9H,1-7H2,(H,12,13)(H,14,15);7H,1-5,8-9H2;/q;-1;+2/p-2. The van der Waals surface area contributed by atoms with Crippen molar-refractivity contribution in [2.75, 3.05) is 33.0 Å². The molecule has 0 bridgehead atoms. The van der Waals surface area contributed by atoms with Gasteiger partial charge in [-0.3, -0.25) is 5.92 Å². The van der Waals surface area contributed by atoms with Crippen LogP contribution in [0.3, 0.4) is 0 Å². The molecule has 2 aliphatic rings. The molecule has 0 aromatic carbocycles. The molecule has 0 amide bonds. The van der Waals surface area contributed by atoms with E-state index in [0.717, 1.165) is 12.8 Å². The molecule has 1 atom stereocenters. The van der Waals surface area contributed by atoms with Gasteiger partial charge < -0.3 is 40.7 Å². The molecule has 172 valence electrons. The first-order chi connectivity index (χ1) is 13.4. The smallest absolute Gasteiger partial charge is 0.549 e. The van der Waals surface area contributed by atoms with E-state index in [1.165, 1.54) is 25.2 Å². The number of carbonyl (C=O) groups excluding carboxylic acids is 2. The van der Waals surface area contributed by atoms with Crippen LogP contribution in [0.15, 0.2) is 0 Å². The summed E-state index contributed by atoms with van der Waals surface area (Å²) < 4.78 is 10.3. The van der Waals surface area contributed by atoms with E-state index < -0.39 is 24.0 Å². The second-order valence-corrected chi connectivity index (χ2v) is 6.74. The molecule has 2 fully saturated rings. The van der Waals surface area contributed by atoms with Crippen molar-refractivity contribution in [3.05, 3.63) is 5.92 Å². The zero-order valence-corrected chi connectivity index (χ0v) is 18.7. The first-order valence-electron chi connectivity index (χ1n) is 9.63. The molecule has 0 aromatic rings. The van der Waals surface area contributed by atoms with Crippen LogP contribution < -0.4 is 21.7 Å². The summed E-state index contributed by atoms with van der Waals surface area (Å²) in [5.74, 6) is -3.64. The fourth-order valence-corrected chi connectivity index (χ4v) is 2.85. The van der Waals surface area contributed by atoms with E-state index in [1.54, 1.807) is 0 Å². The van der Waals surface area contributed by atoms with Crippen molar-refractivity contribution in [2.24, 2.45) is 17.4 Å². The molecule has 0 aromatic heterocycles. The second kappa shape index (κ2) is 17.1. The zero-order valence-electron chi connectivity index (χ0n) is 16.5. The van der Waals surface area contributed by atoms with Crippen molar-refractivity contribution in [3.63, 3.8) is 0 Å². The molecule has 11 heteroatoms. The summed E-state index contributed by atoms with van der Waals surface area (Å²) in [6, 6.07) is 0. The normalized spacial score (nSPS) is 21.6. The van der Waals surface area contributed by atoms with Gasteiger partial charge in [0.2, 0.25) is 0 Å². The molecule has 1 heterocycles. The molecule has 1 aliphatic heterocycles. The topological polar surface area (TPSA) is 169 Å². The first kappa shape index (κ1) is 28.4. The van der Waals surface area contributed by atoms with Crippen molar-refractivity contribution < 1.29 is 60.1 Å². The number of nitrogens with two attached hydrogens (primary N) is 2. The quantitative estimate of drug-likeness (QED) is 0.151. The minimum absolute atomic E-state index is 0. The predicted octanol–water partition coefficient (Wildman–Crippen LogP) is -1.99. The number of carboxylic acid groups (broad SMARTS) is 2. The Morgan fingerprint density at radius 1 is 0.966 bits per heavy atom. The molecule has 1 saturated carbocycles. The van der Waals surface area contributed by atoms with Crippen LogP contribution in [0.1, 0.15) is 44.9 Å². The Hall–Kier alpha value is -0.612. The van der Waals surface area contributed by atoms with Crippen molar-refractivity contribution in [1.82, 2.24) is 0 Å². The van der Waals surface area contributed by atoms with Gasteiger partial charge in [-0.2, -0.15) is 12.8 Å². The van der Waals surface area contributed by atoms with Crippen LogP contribution in [-0.2, 0) is 49.9 Å². The Balaban J connectivity index is 0.000000658. The Morgan fingerprint density at radius 2 is 1.55 bits per heavy atom. The molecular formula is C18H31N2O8Pt-. The molecule has 0 radical (unpaired) electrons. The van der Waals surface area contributed by atoms with Crippen LogP contribution in [0.5, 0.6) is 0 Å². The third-order valence-electron chi connectivity index (χ3n) is 4.50. The number of rotatable bonds is 6. The number of hydrogen-bond acceptors (Lipinski definition) is 10. The molecule has 1 aliphatic carbocycles.